The van der Waals surface area contributed by atoms with Crippen LogP contribution in [0.15, 0.2) is 48.5 Å². The number of hydrogen-bond donors (Lipinski definition) is 2. The molecular weight excluding hydrogens is 438 g/mol. The molecule has 1 aliphatic rings. The lowest BCUT2D eigenvalue weighted by Gasteiger charge is -2.31. The highest BCUT2D eigenvalue weighted by molar-refractivity contribution is 7.13. The van der Waals surface area contributed by atoms with Crippen molar-refractivity contribution in [1.29, 1.82) is 0 Å². The number of aromatic nitrogens is 2. The van der Waals surface area contributed by atoms with Gasteiger partial charge in [0, 0.05) is 31.2 Å². The summed E-state index contributed by atoms with van der Waals surface area (Å²) in [5.74, 6) is 0.493. The number of carbonyl (C=O) groups is 2. The lowest BCUT2D eigenvalue weighted by molar-refractivity contribution is 0.102. The third-order valence-electron chi connectivity index (χ3n) is 5.60. The zero-order valence-corrected chi connectivity index (χ0v) is 19.5. The van der Waals surface area contributed by atoms with Crippen LogP contribution in [0.3, 0.4) is 0 Å². The lowest BCUT2D eigenvalue weighted by Crippen LogP contribution is -2.44. The maximum absolute atomic E-state index is 12.7. The van der Waals surface area contributed by atoms with Gasteiger partial charge in [-0.25, -0.2) is 4.79 Å². The number of urea groups is 1. The Kier molecular flexibility index (Phi) is 7.19. The van der Waals surface area contributed by atoms with Crippen molar-refractivity contribution in [1.82, 2.24) is 20.4 Å². The maximum Gasteiger partial charge on any atom is 0.317 e. The summed E-state index contributed by atoms with van der Waals surface area (Å²) < 4.78 is 5.13. The van der Waals surface area contributed by atoms with Gasteiger partial charge in [-0.1, -0.05) is 41.2 Å². The van der Waals surface area contributed by atoms with Crippen molar-refractivity contribution in [3.8, 4) is 5.75 Å². The first-order valence-electron chi connectivity index (χ1n) is 10.9. The van der Waals surface area contributed by atoms with E-state index >= 15 is 0 Å². The fraction of sp³-hybridized carbons (Fsp3) is 0.333. The predicted octanol–water partition coefficient (Wildman–Crippen LogP) is 4.20. The van der Waals surface area contributed by atoms with E-state index in [0.717, 1.165) is 29.2 Å². The molecule has 3 amide bonds. The van der Waals surface area contributed by atoms with Crippen molar-refractivity contribution < 1.29 is 14.3 Å². The monoisotopic (exact) mass is 465 g/mol. The van der Waals surface area contributed by atoms with Gasteiger partial charge in [0.1, 0.15) is 10.8 Å². The summed E-state index contributed by atoms with van der Waals surface area (Å²) in [5.41, 5.74) is 2.92. The first-order valence-corrected chi connectivity index (χ1v) is 11.7. The summed E-state index contributed by atoms with van der Waals surface area (Å²) in [7, 11) is 1.59. The summed E-state index contributed by atoms with van der Waals surface area (Å²) in [4.78, 5) is 27.1. The molecule has 2 N–H and O–H groups in total. The molecule has 1 fully saturated rings. The number of benzene rings is 2. The molecule has 1 aliphatic heterocycles. The number of piperidine rings is 1. The Labute approximate surface area is 197 Å². The standard InChI is InChI=1S/C24H27N5O3S/c1-16-5-7-17(8-6-16)14-25-24(31)29-13-3-4-18(15-29)22-27-28-23(33-22)21(30)26-19-9-11-20(32-2)12-10-19/h5-12,18H,3-4,13-15H2,1-2H3,(H,25,31)(H,26,30)/t18-/m0/s1. The fourth-order valence-electron chi connectivity index (χ4n) is 3.71. The number of methoxy groups -OCH3 is 1. The zero-order chi connectivity index (χ0) is 23.2. The highest BCUT2D eigenvalue weighted by Gasteiger charge is 2.28. The lowest BCUT2D eigenvalue weighted by atomic mass is 9.99. The minimum Gasteiger partial charge on any atom is -0.497 e. The number of nitrogens with one attached hydrogen (secondary N) is 2. The van der Waals surface area contributed by atoms with Crippen LogP contribution in [0.4, 0.5) is 10.5 Å². The highest BCUT2D eigenvalue weighted by Crippen LogP contribution is 2.29. The van der Waals surface area contributed by atoms with E-state index in [0.29, 0.717) is 30.3 Å². The summed E-state index contributed by atoms with van der Waals surface area (Å²) in [6, 6.07) is 15.1. The number of amides is 3. The Balaban J connectivity index is 1.32. The molecule has 172 valence electrons. The van der Waals surface area contributed by atoms with E-state index in [1.54, 1.807) is 31.4 Å². The molecule has 3 aromatic rings. The number of rotatable bonds is 6. The SMILES string of the molecule is COc1ccc(NC(=O)c2nnc([C@H]3CCCN(C(=O)NCc4ccc(C)cc4)C3)s2)cc1. The van der Waals surface area contributed by atoms with Crippen molar-refractivity contribution in [3.05, 3.63) is 69.7 Å². The van der Waals surface area contributed by atoms with E-state index in [-0.39, 0.29) is 17.9 Å². The van der Waals surface area contributed by atoms with E-state index in [9.17, 15) is 9.59 Å². The van der Waals surface area contributed by atoms with Gasteiger partial charge in [-0.2, -0.15) is 0 Å². The quantitative estimate of drug-likeness (QED) is 0.569. The molecule has 0 radical (unpaired) electrons. The molecule has 4 rings (SSSR count). The van der Waals surface area contributed by atoms with E-state index in [1.165, 1.54) is 16.9 Å². The normalized spacial score (nSPS) is 15.7. The molecular formula is C24H27N5O3S. The largest absolute Gasteiger partial charge is 0.497 e. The molecule has 0 bridgehead atoms. The van der Waals surface area contributed by atoms with Crippen LogP contribution in [0.25, 0.3) is 0 Å². The number of anilines is 1. The average molecular weight is 466 g/mol. The summed E-state index contributed by atoms with van der Waals surface area (Å²) >= 11 is 1.28. The fourth-order valence-corrected chi connectivity index (χ4v) is 4.57. The molecule has 0 aliphatic carbocycles. The number of carbonyl (C=O) groups excluding carboxylic acids is 2. The zero-order valence-electron chi connectivity index (χ0n) is 18.7. The van der Waals surface area contributed by atoms with Gasteiger partial charge >= 0.3 is 6.03 Å². The molecule has 0 saturated carbocycles. The third kappa shape index (κ3) is 5.87. The van der Waals surface area contributed by atoms with Crippen LogP contribution in [0.2, 0.25) is 0 Å². The minimum atomic E-state index is -0.299. The van der Waals surface area contributed by atoms with Crippen LogP contribution in [0.5, 0.6) is 5.75 Å². The van der Waals surface area contributed by atoms with Crippen LogP contribution in [-0.2, 0) is 6.54 Å². The molecule has 1 atom stereocenters. The molecule has 9 heteroatoms. The van der Waals surface area contributed by atoms with Crippen LogP contribution >= 0.6 is 11.3 Å². The molecule has 1 aromatic heterocycles. The van der Waals surface area contributed by atoms with Crippen molar-refractivity contribution >= 4 is 29.0 Å². The van der Waals surface area contributed by atoms with Crippen LogP contribution in [-0.4, -0.2) is 47.2 Å². The van der Waals surface area contributed by atoms with Crippen molar-refractivity contribution in [3.63, 3.8) is 0 Å². The summed E-state index contributed by atoms with van der Waals surface area (Å²) in [5, 5.41) is 15.3. The van der Waals surface area contributed by atoms with Crippen LogP contribution in [0.1, 0.15) is 44.7 Å². The highest BCUT2D eigenvalue weighted by atomic mass is 32.1. The van der Waals surface area contributed by atoms with Crippen molar-refractivity contribution in [2.75, 3.05) is 25.5 Å². The molecule has 0 spiro atoms. The average Bonchev–Trinajstić information content (AvgIpc) is 3.35. The van der Waals surface area contributed by atoms with Crippen LogP contribution < -0.4 is 15.4 Å². The molecule has 33 heavy (non-hydrogen) atoms. The maximum atomic E-state index is 12.7. The van der Waals surface area contributed by atoms with Gasteiger partial charge in [0.15, 0.2) is 0 Å². The van der Waals surface area contributed by atoms with Gasteiger partial charge in [0.25, 0.3) is 5.91 Å². The van der Waals surface area contributed by atoms with Gasteiger partial charge < -0.3 is 20.3 Å². The summed E-state index contributed by atoms with van der Waals surface area (Å²) in [6.45, 7) is 3.81. The topological polar surface area (TPSA) is 96.4 Å². The van der Waals surface area contributed by atoms with E-state index < -0.39 is 0 Å². The Morgan fingerprint density at radius 3 is 2.61 bits per heavy atom. The third-order valence-corrected chi connectivity index (χ3v) is 6.69. The molecule has 2 aromatic carbocycles. The van der Waals surface area contributed by atoms with Gasteiger partial charge in [0.05, 0.1) is 7.11 Å². The van der Waals surface area contributed by atoms with Crippen LogP contribution in [0, 0.1) is 6.92 Å². The number of ether oxygens (including phenoxy) is 1. The second-order valence-corrected chi connectivity index (χ2v) is 9.07. The first-order chi connectivity index (χ1) is 16.0. The van der Waals surface area contributed by atoms with E-state index in [1.807, 2.05) is 36.1 Å². The Hall–Kier alpha value is -3.46. The Bertz CT molecular complexity index is 1100. The van der Waals surface area contributed by atoms with Gasteiger partial charge in [-0.15, -0.1) is 10.2 Å². The molecule has 1 saturated heterocycles. The number of nitrogens with zero attached hydrogens (tertiary/aromatic N) is 3. The summed E-state index contributed by atoms with van der Waals surface area (Å²) in [6.07, 6.45) is 1.80. The Morgan fingerprint density at radius 1 is 1.12 bits per heavy atom. The second-order valence-electron chi connectivity index (χ2n) is 8.06. The molecule has 8 nitrogen and oxygen atoms in total. The van der Waals surface area contributed by atoms with Gasteiger partial charge in [-0.05, 0) is 49.6 Å². The molecule has 0 unspecified atom stereocenters. The van der Waals surface area contributed by atoms with E-state index in [2.05, 4.69) is 20.8 Å². The van der Waals surface area contributed by atoms with Gasteiger partial charge in [-0.3, -0.25) is 4.79 Å². The Morgan fingerprint density at radius 2 is 1.88 bits per heavy atom. The predicted molar refractivity (Wildman–Crippen MR) is 128 cm³/mol. The number of hydrogen-bond acceptors (Lipinski definition) is 6. The first kappa shape index (κ1) is 22.7. The van der Waals surface area contributed by atoms with Crippen molar-refractivity contribution in [2.45, 2.75) is 32.2 Å². The number of aryl methyl sites for hydroxylation is 1. The van der Waals surface area contributed by atoms with Crippen molar-refractivity contribution in [2.24, 2.45) is 0 Å². The minimum absolute atomic E-state index is 0.0731. The van der Waals surface area contributed by atoms with Gasteiger partial charge in [0.2, 0.25) is 5.01 Å². The smallest absolute Gasteiger partial charge is 0.317 e. The second kappa shape index (κ2) is 10.4. The number of likely N-dealkylation sites (tertiary alicyclic amines) is 1. The van der Waals surface area contributed by atoms with E-state index in [4.69, 9.17) is 4.74 Å². The molecule has 2 heterocycles.